The fraction of sp³-hybridized carbons (Fsp3) is 0. The van der Waals surface area contributed by atoms with Crippen molar-refractivity contribution in [3.63, 3.8) is 0 Å². The summed E-state index contributed by atoms with van der Waals surface area (Å²) in [7, 11) is 0. The van der Waals surface area contributed by atoms with Gasteiger partial charge in [-0.25, -0.2) is 4.39 Å². The summed E-state index contributed by atoms with van der Waals surface area (Å²) in [5.74, 6) is -0.156. The number of nitrogens with zero attached hydrogens (tertiary/aromatic N) is 3. The molecule has 0 fully saturated rings. The van der Waals surface area contributed by atoms with Crippen LogP contribution in [0, 0.1) is 5.82 Å². The zero-order valence-electron chi connectivity index (χ0n) is 8.28. The lowest BCUT2D eigenvalue weighted by molar-refractivity contribution is 0.627. The van der Waals surface area contributed by atoms with Gasteiger partial charge in [-0.2, -0.15) is 15.0 Å². The monoisotopic (exact) mass is 317 g/mol. The SMILES string of the molecule is Nc1nc(Cl)nc(Nc2ccc(F)cc2Br)n1. The smallest absolute Gasteiger partial charge is 0.233 e. The van der Waals surface area contributed by atoms with Gasteiger partial charge in [0.1, 0.15) is 5.82 Å². The molecule has 88 valence electrons. The molecular weight excluding hydrogens is 312 g/mol. The standard InChI is InChI=1S/C9H6BrClFN5/c10-5-3-4(12)1-2-6(5)14-9-16-7(11)15-8(13)17-9/h1-3H,(H3,13,14,15,16,17). The molecule has 1 aromatic heterocycles. The van der Waals surface area contributed by atoms with Crippen LogP contribution in [0.4, 0.5) is 22.0 Å². The van der Waals surface area contributed by atoms with Gasteiger partial charge in [0.15, 0.2) is 0 Å². The third kappa shape index (κ3) is 3.01. The topological polar surface area (TPSA) is 76.7 Å². The van der Waals surface area contributed by atoms with Crippen LogP contribution in [0.3, 0.4) is 0 Å². The molecule has 0 bridgehead atoms. The van der Waals surface area contributed by atoms with E-state index in [1.165, 1.54) is 18.2 Å². The van der Waals surface area contributed by atoms with E-state index in [9.17, 15) is 4.39 Å². The zero-order chi connectivity index (χ0) is 12.4. The van der Waals surface area contributed by atoms with E-state index in [2.05, 4.69) is 36.2 Å². The summed E-state index contributed by atoms with van der Waals surface area (Å²) >= 11 is 8.83. The van der Waals surface area contributed by atoms with E-state index in [4.69, 9.17) is 17.3 Å². The van der Waals surface area contributed by atoms with E-state index in [0.29, 0.717) is 10.2 Å². The number of nitrogens with one attached hydrogen (secondary N) is 1. The van der Waals surface area contributed by atoms with Crippen LogP contribution in [0.5, 0.6) is 0 Å². The lowest BCUT2D eigenvalue weighted by Gasteiger charge is -2.07. The van der Waals surface area contributed by atoms with Crippen molar-refractivity contribution in [1.29, 1.82) is 0 Å². The third-order valence-corrected chi connectivity index (χ3v) is 2.63. The van der Waals surface area contributed by atoms with Crippen LogP contribution in [0.15, 0.2) is 22.7 Å². The van der Waals surface area contributed by atoms with E-state index in [0.717, 1.165) is 0 Å². The van der Waals surface area contributed by atoms with Crippen molar-refractivity contribution in [1.82, 2.24) is 15.0 Å². The maximum atomic E-state index is 12.9. The second kappa shape index (κ2) is 4.80. The number of hydrogen-bond acceptors (Lipinski definition) is 5. The van der Waals surface area contributed by atoms with Gasteiger partial charge in [0.2, 0.25) is 17.2 Å². The molecule has 0 amide bonds. The second-order valence-corrected chi connectivity index (χ2v) is 4.23. The summed E-state index contributed by atoms with van der Waals surface area (Å²) in [5.41, 5.74) is 6.01. The molecule has 0 unspecified atom stereocenters. The predicted octanol–water partition coefficient (Wildman–Crippen LogP) is 2.75. The molecule has 2 rings (SSSR count). The Balaban J connectivity index is 2.31. The molecule has 0 aliphatic rings. The van der Waals surface area contributed by atoms with Gasteiger partial charge in [0.25, 0.3) is 0 Å². The van der Waals surface area contributed by atoms with E-state index < -0.39 is 0 Å². The van der Waals surface area contributed by atoms with Gasteiger partial charge in [-0.15, -0.1) is 0 Å². The van der Waals surface area contributed by atoms with Gasteiger partial charge >= 0.3 is 0 Å². The van der Waals surface area contributed by atoms with Crippen LogP contribution in [0.25, 0.3) is 0 Å². The van der Waals surface area contributed by atoms with Gasteiger partial charge in [-0.1, -0.05) is 0 Å². The number of halogens is 3. The molecule has 5 nitrogen and oxygen atoms in total. The van der Waals surface area contributed by atoms with Crippen LogP contribution in [0.2, 0.25) is 5.28 Å². The minimum atomic E-state index is -0.351. The van der Waals surface area contributed by atoms with Crippen molar-refractivity contribution in [3.05, 3.63) is 33.8 Å². The van der Waals surface area contributed by atoms with Crippen LogP contribution < -0.4 is 11.1 Å². The van der Waals surface area contributed by atoms with Gasteiger partial charge in [0.05, 0.1) is 5.69 Å². The van der Waals surface area contributed by atoms with E-state index in [-0.39, 0.29) is 23.0 Å². The molecule has 8 heteroatoms. The van der Waals surface area contributed by atoms with Crippen LogP contribution in [-0.2, 0) is 0 Å². The van der Waals surface area contributed by atoms with Crippen LogP contribution in [0.1, 0.15) is 0 Å². The van der Waals surface area contributed by atoms with E-state index in [1.54, 1.807) is 0 Å². The zero-order valence-corrected chi connectivity index (χ0v) is 10.6. The summed E-state index contributed by atoms with van der Waals surface area (Å²) in [5, 5.41) is 2.83. The van der Waals surface area contributed by atoms with Gasteiger partial charge < -0.3 is 11.1 Å². The third-order valence-electron chi connectivity index (χ3n) is 1.80. The first-order valence-corrected chi connectivity index (χ1v) is 5.61. The maximum absolute atomic E-state index is 12.9. The Morgan fingerprint density at radius 3 is 2.71 bits per heavy atom. The van der Waals surface area contributed by atoms with Crippen molar-refractivity contribution < 1.29 is 4.39 Å². The fourth-order valence-electron chi connectivity index (χ4n) is 1.13. The normalized spacial score (nSPS) is 10.3. The van der Waals surface area contributed by atoms with Gasteiger partial charge in [-0.3, -0.25) is 0 Å². The number of nitrogen functional groups attached to an aromatic ring is 1. The summed E-state index contributed by atoms with van der Waals surface area (Å²) < 4.78 is 13.4. The highest BCUT2D eigenvalue weighted by molar-refractivity contribution is 9.10. The summed E-state index contributed by atoms with van der Waals surface area (Å²) in [6, 6.07) is 4.15. The Kier molecular flexibility index (Phi) is 3.39. The number of nitrogens with two attached hydrogens (primary N) is 1. The predicted molar refractivity (Wildman–Crippen MR) is 66.6 cm³/mol. The molecule has 0 atom stereocenters. The average Bonchev–Trinajstić information content (AvgIpc) is 2.21. The highest BCUT2D eigenvalue weighted by Crippen LogP contribution is 2.25. The van der Waals surface area contributed by atoms with Crippen LogP contribution >= 0.6 is 27.5 Å². The van der Waals surface area contributed by atoms with E-state index in [1.807, 2.05) is 0 Å². The Hall–Kier alpha value is -1.47. The number of aromatic nitrogens is 3. The molecule has 3 N–H and O–H groups in total. The Bertz CT molecular complexity index is 545. The first-order chi connectivity index (χ1) is 8.04. The van der Waals surface area contributed by atoms with Crippen LogP contribution in [-0.4, -0.2) is 15.0 Å². The molecule has 0 spiro atoms. The molecular formula is C9H6BrClFN5. The van der Waals surface area contributed by atoms with Crippen molar-refractivity contribution in [3.8, 4) is 0 Å². The first-order valence-electron chi connectivity index (χ1n) is 4.44. The van der Waals surface area contributed by atoms with Crippen molar-refractivity contribution in [2.24, 2.45) is 0 Å². The molecule has 17 heavy (non-hydrogen) atoms. The molecule has 0 radical (unpaired) electrons. The minimum absolute atomic E-state index is 0.00531. The summed E-state index contributed by atoms with van der Waals surface area (Å²) in [6.07, 6.45) is 0. The largest absolute Gasteiger partial charge is 0.368 e. The van der Waals surface area contributed by atoms with Gasteiger partial charge in [-0.05, 0) is 45.7 Å². The molecule has 0 saturated heterocycles. The minimum Gasteiger partial charge on any atom is -0.368 e. The maximum Gasteiger partial charge on any atom is 0.233 e. The Morgan fingerprint density at radius 2 is 2.06 bits per heavy atom. The molecule has 0 aliphatic heterocycles. The summed E-state index contributed by atoms with van der Waals surface area (Å²) in [6.45, 7) is 0. The van der Waals surface area contributed by atoms with Crippen molar-refractivity contribution >= 4 is 45.1 Å². The van der Waals surface area contributed by atoms with E-state index >= 15 is 0 Å². The second-order valence-electron chi connectivity index (χ2n) is 3.04. The molecule has 1 aromatic carbocycles. The van der Waals surface area contributed by atoms with Crippen molar-refractivity contribution in [2.75, 3.05) is 11.1 Å². The molecule has 0 aliphatic carbocycles. The summed E-state index contributed by atoms with van der Waals surface area (Å²) in [4.78, 5) is 11.3. The highest BCUT2D eigenvalue weighted by Gasteiger charge is 2.06. The first kappa shape index (κ1) is 12.0. The molecule has 1 heterocycles. The molecule has 0 saturated carbocycles. The number of anilines is 3. The fourth-order valence-corrected chi connectivity index (χ4v) is 1.75. The number of benzene rings is 1. The quantitative estimate of drug-likeness (QED) is 0.890. The lowest BCUT2D eigenvalue weighted by atomic mass is 10.3. The lowest BCUT2D eigenvalue weighted by Crippen LogP contribution is -2.03. The Labute approximate surface area is 109 Å². The van der Waals surface area contributed by atoms with Crippen molar-refractivity contribution in [2.45, 2.75) is 0 Å². The number of rotatable bonds is 2. The Morgan fingerprint density at radius 1 is 1.29 bits per heavy atom. The molecule has 2 aromatic rings. The number of hydrogen-bond donors (Lipinski definition) is 2. The van der Waals surface area contributed by atoms with Gasteiger partial charge in [0, 0.05) is 4.47 Å². The highest BCUT2D eigenvalue weighted by atomic mass is 79.9. The average molecular weight is 319 g/mol.